The lowest BCUT2D eigenvalue weighted by Gasteiger charge is -2.39. The van der Waals surface area contributed by atoms with Crippen molar-refractivity contribution in [2.75, 3.05) is 13.7 Å². The summed E-state index contributed by atoms with van der Waals surface area (Å²) in [6, 6.07) is 8.46. The van der Waals surface area contributed by atoms with Gasteiger partial charge in [-0.1, -0.05) is 19.1 Å². The van der Waals surface area contributed by atoms with Gasteiger partial charge in [0, 0.05) is 12.0 Å². The zero-order valence-electron chi connectivity index (χ0n) is 10.9. The highest BCUT2D eigenvalue weighted by Crippen LogP contribution is 2.41. The molecule has 1 saturated carbocycles. The third-order valence-electron chi connectivity index (χ3n) is 4.32. The molecule has 1 aliphatic carbocycles. The average Bonchev–Trinajstić information content (AvgIpc) is 2.40. The first-order valence-corrected chi connectivity index (χ1v) is 6.55. The minimum Gasteiger partial charge on any atom is -0.497 e. The molecule has 0 heterocycles. The van der Waals surface area contributed by atoms with E-state index in [9.17, 15) is 0 Å². The Bertz CT molecular complexity index is 350. The summed E-state index contributed by atoms with van der Waals surface area (Å²) >= 11 is 0. The van der Waals surface area contributed by atoms with Gasteiger partial charge in [-0.05, 0) is 49.3 Å². The van der Waals surface area contributed by atoms with Crippen LogP contribution in [0.5, 0.6) is 5.75 Å². The SMILES string of the molecule is COc1ccc(C2(CN)CCC(C)CC2)cc1. The van der Waals surface area contributed by atoms with Gasteiger partial charge in [-0.3, -0.25) is 0 Å². The molecule has 17 heavy (non-hydrogen) atoms. The molecule has 1 aromatic carbocycles. The fourth-order valence-electron chi connectivity index (χ4n) is 2.87. The summed E-state index contributed by atoms with van der Waals surface area (Å²) in [4.78, 5) is 0. The summed E-state index contributed by atoms with van der Waals surface area (Å²) in [5.74, 6) is 1.78. The molecule has 2 heteroatoms. The molecule has 2 rings (SSSR count). The van der Waals surface area contributed by atoms with Crippen LogP contribution in [0.15, 0.2) is 24.3 Å². The van der Waals surface area contributed by atoms with E-state index in [4.69, 9.17) is 10.5 Å². The van der Waals surface area contributed by atoms with E-state index in [0.29, 0.717) is 0 Å². The maximum Gasteiger partial charge on any atom is 0.118 e. The summed E-state index contributed by atoms with van der Waals surface area (Å²) < 4.78 is 5.21. The zero-order chi connectivity index (χ0) is 12.3. The lowest BCUT2D eigenvalue weighted by molar-refractivity contribution is 0.247. The summed E-state index contributed by atoms with van der Waals surface area (Å²) in [6.45, 7) is 3.10. The molecule has 1 aromatic rings. The molecule has 1 fully saturated rings. The Morgan fingerprint density at radius 3 is 2.29 bits per heavy atom. The summed E-state index contributed by atoms with van der Waals surface area (Å²) in [7, 11) is 1.70. The first-order valence-electron chi connectivity index (χ1n) is 6.55. The van der Waals surface area contributed by atoms with Crippen LogP contribution in [0.4, 0.5) is 0 Å². The van der Waals surface area contributed by atoms with E-state index in [0.717, 1.165) is 18.2 Å². The Hall–Kier alpha value is -1.02. The normalized spacial score (nSPS) is 29.0. The summed E-state index contributed by atoms with van der Waals surface area (Å²) in [6.07, 6.45) is 5.03. The van der Waals surface area contributed by atoms with Crippen LogP contribution >= 0.6 is 0 Å². The minimum absolute atomic E-state index is 0.207. The fraction of sp³-hybridized carbons (Fsp3) is 0.600. The largest absolute Gasteiger partial charge is 0.497 e. The monoisotopic (exact) mass is 233 g/mol. The Morgan fingerprint density at radius 2 is 1.82 bits per heavy atom. The predicted molar refractivity (Wildman–Crippen MR) is 71.4 cm³/mol. The number of methoxy groups -OCH3 is 1. The zero-order valence-corrected chi connectivity index (χ0v) is 10.9. The van der Waals surface area contributed by atoms with Gasteiger partial charge in [0.15, 0.2) is 0 Å². The quantitative estimate of drug-likeness (QED) is 0.870. The van der Waals surface area contributed by atoms with Crippen LogP contribution < -0.4 is 10.5 Å². The number of hydrogen-bond donors (Lipinski definition) is 1. The van der Waals surface area contributed by atoms with Crippen LogP contribution in [-0.2, 0) is 5.41 Å². The van der Waals surface area contributed by atoms with Crippen LogP contribution in [0.25, 0.3) is 0 Å². The van der Waals surface area contributed by atoms with Crippen molar-refractivity contribution in [3.63, 3.8) is 0 Å². The lowest BCUT2D eigenvalue weighted by Crippen LogP contribution is -2.38. The van der Waals surface area contributed by atoms with Crippen molar-refractivity contribution in [2.24, 2.45) is 11.7 Å². The Morgan fingerprint density at radius 1 is 1.24 bits per heavy atom. The van der Waals surface area contributed by atoms with E-state index in [1.165, 1.54) is 31.2 Å². The maximum absolute atomic E-state index is 6.06. The van der Waals surface area contributed by atoms with E-state index in [-0.39, 0.29) is 5.41 Å². The van der Waals surface area contributed by atoms with Crippen LogP contribution in [0, 0.1) is 5.92 Å². The fourth-order valence-corrected chi connectivity index (χ4v) is 2.87. The number of ether oxygens (including phenoxy) is 1. The van der Waals surface area contributed by atoms with Crippen molar-refractivity contribution in [3.8, 4) is 5.75 Å². The van der Waals surface area contributed by atoms with Gasteiger partial charge in [0.05, 0.1) is 7.11 Å². The highest BCUT2D eigenvalue weighted by atomic mass is 16.5. The van der Waals surface area contributed by atoms with E-state index in [1.807, 2.05) is 12.1 Å². The minimum atomic E-state index is 0.207. The Kier molecular flexibility index (Phi) is 3.72. The molecule has 94 valence electrons. The van der Waals surface area contributed by atoms with Crippen LogP contribution in [0.1, 0.15) is 38.2 Å². The smallest absolute Gasteiger partial charge is 0.118 e. The first-order chi connectivity index (χ1) is 8.20. The van der Waals surface area contributed by atoms with Crippen molar-refractivity contribution in [1.29, 1.82) is 0 Å². The van der Waals surface area contributed by atoms with Crippen molar-refractivity contribution in [3.05, 3.63) is 29.8 Å². The second kappa shape index (κ2) is 5.09. The lowest BCUT2D eigenvalue weighted by atomic mass is 9.67. The van der Waals surface area contributed by atoms with Gasteiger partial charge < -0.3 is 10.5 Å². The number of rotatable bonds is 3. The third kappa shape index (κ3) is 2.47. The molecule has 2 N–H and O–H groups in total. The molecule has 0 bridgehead atoms. The molecule has 0 aliphatic heterocycles. The summed E-state index contributed by atoms with van der Waals surface area (Å²) in [5.41, 5.74) is 7.64. The van der Waals surface area contributed by atoms with E-state index in [1.54, 1.807) is 7.11 Å². The molecule has 0 unspecified atom stereocenters. The molecule has 2 nitrogen and oxygen atoms in total. The van der Waals surface area contributed by atoms with Crippen molar-refractivity contribution < 1.29 is 4.74 Å². The van der Waals surface area contributed by atoms with Gasteiger partial charge in [0.2, 0.25) is 0 Å². The topological polar surface area (TPSA) is 35.2 Å². The van der Waals surface area contributed by atoms with Crippen molar-refractivity contribution in [1.82, 2.24) is 0 Å². The molecule has 0 atom stereocenters. The van der Waals surface area contributed by atoms with Crippen LogP contribution in [-0.4, -0.2) is 13.7 Å². The van der Waals surface area contributed by atoms with E-state index < -0.39 is 0 Å². The second-order valence-corrected chi connectivity index (χ2v) is 5.40. The van der Waals surface area contributed by atoms with Crippen LogP contribution in [0.3, 0.4) is 0 Å². The van der Waals surface area contributed by atoms with Gasteiger partial charge in [-0.25, -0.2) is 0 Å². The van der Waals surface area contributed by atoms with Gasteiger partial charge in [0.1, 0.15) is 5.75 Å². The predicted octanol–water partition coefficient (Wildman–Crippen LogP) is 3.10. The molecule has 0 amide bonds. The second-order valence-electron chi connectivity index (χ2n) is 5.40. The highest BCUT2D eigenvalue weighted by molar-refractivity contribution is 5.33. The van der Waals surface area contributed by atoms with Crippen LogP contribution in [0.2, 0.25) is 0 Å². The van der Waals surface area contributed by atoms with Crippen molar-refractivity contribution >= 4 is 0 Å². The molecular formula is C15H23NO. The third-order valence-corrected chi connectivity index (χ3v) is 4.32. The standard InChI is InChI=1S/C15H23NO/c1-12-7-9-15(11-16,10-8-12)13-3-5-14(17-2)6-4-13/h3-6,12H,7-11,16H2,1-2H3. The molecule has 0 spiro atoms. The molecule has 0 aromatic heterocycles. The molecule has 1 aliphatic rings. The van der Waals surface area contributed by atoms with Gasteiger partial charge in [0.25, 0.3) is 0 Å². The molecule has 0 radical (unpaired) electrons. The maximum atomic E-state index is 6.06. The van der Waals surface area contributed by atoms with E-state index >= 15 is 0 Å². The number of benzene rings is 1. The van der Waals surface area contributed by atoms with Gasteiger partial charge in [-0.2, -0.15) is 0 Å². The Balaban J connectivity index is 2.21. The summed E-state index contributed by atoms with van der Waals surface area (Å²) in [5, 5.41) is 0. The molecular weight excluding hydrogens is 210 g/mol. The highest BCUT2D eigenvalue weighted by Gasteiger charge is 2.34. The van der Waals surface area contributed by atoms with Gasteiger partial charge in [-0.15, -0.1) is 0 Å². The number of hydrogen-bond acceptors (Lipinski definition) is 2. The Labute approximate surface area is 104 Å². The van der Waals surface area contributed by atoms with E-state index in [2.05, 4.69) is 19.1 Å². The van der Waals surface area contributed by atoms with Crippen molar-refractivity contribution in [2.45, 2.75) is 38.0 Å². The number of nitrogens with two attached hydrogens (primary N) is 1. The first kappa shape index (κ1) is 12.4. The average molecular weight is 233 g/mol. The van der Waals surface area contributed by atoms with Gasteiger partial charge >= 0.3 is 0 Å². The molecule has 0 saturated heterocycles.